The average molecular weight is 339 g/mol. The number of rotatable bonds is 3. The fourth-order valence-corrected chi connectivity index (χ4v) is 2.45. The number of nitrogens with zero attached hydrogens (tertiary/aromatic N) is 2. The van der Waals surface area contributed by atoms with Crippen molar-refractivity contribution >= 4 is 24.4 Å². The number of anilines is 1. The van der Waals surface area contributed by atoms with Crippen molar-refractivity contribution in [1.82, 2.24) is 9.97 Å². The molecule has 0 unspecified atom stereocenters. The van der Waals surface area contributed by atoms with Crippen LogP contribution >= 0.6 is 0 Å². The third-order valence-corrected chi connectivity index (χ3v) is 4.72. The summed E-state index contributed by atoms with van der Waals surface area (Å²) in [6, 6.07) is 8.94. The molecule has 1 amide bonds. The van der Waals surface area contributed by atoms with E-state index >= 15 is 0 Å². The fraction of sp³-hybridized carbons (Fsp3) is 0.389. The van der Waals surface area contributed by atoms with Crippen LogP contribution in [0.25, 0.3) is 0 Å². The molecule has 1 aliphatic rings. The number of carbonyl (C=O) groups is 1. The second-order valence-corrected chi connectivity index (χ2v) is 7.19. The molecule has 1 aromatic carbocycles. The number of hydrogen-bond donors (Lipinski definition) is 1. The molecule has 1 saturated heterocycles. The van der Waals surface area contributed by atoms with Crippen LogP contribution in [0.15, 0.2) is 36.5 Å². The summed E-state index contributed by atoms with van der Waals surface area (Å²) in [5.41, 5.74) is 1.40. The highest BCUT2D eigenvalue weighted by Gasteiger charge is 2.51. The first-order chi connectivity index (χ1) is 11.7. The van der Waals surface area contributed by atoms with E-state index in [1.165, 1.54) is 0 Å². The van der Waals surface area contributed by atoms with Gasteiger partial charge < -0.3 is 9.31 Å². The minimum atomic E-state index is -0.442. The van der Waals surface area contributed by atoms with Gasteiger partial charge in [0, 0.05) is 17.5 Å². The van der Waals surface area contributed by atoms with Crippen molar-refractivity contribution in [1.29, 1.82) is 0 Å². The second kappa shape index (κ2) is 6.24. The largest absolute Gasteiger partial charge is 0.494 e. The highest BCUT2D eigenvalue weighted by atomic mass is 16.7. The molecule has 7 heteroatoms. The van der Waals surface area contributed by atoms with E-state index in [2.05, 4.69) is 15.3 Å². The van der Waals surface area contributed by atoms with Crippen LogP contribution in [-0.4, -0.2) is 34.2 Å². The monoisotopic (exact) mass is 339 g/mol. The topological polar surface area (TPSA) is 73.3 Å². The molecule has 130 valence electrons. The van der Waals surface area contributed by atoms with Crippen LogP contribution < -0.4 is 10.8 Å². The van der Waals surface area contributed by atoms with E-state index in [1.807, 2.05) is 46.8 Å². The van der Waals surface area contributed by atoms with Gasteiger partial charge in [-0.15, -0.1) is 0 Å². The third-order valence-electron chi connectivity index (χ3n) is 4.72. The first-order valence-corrected chi connectivity index (χ1v) is 8.24. The van der Waals surface area contributed by atoms with Gasteiger partial charge in [0.25, 0.3) is 5.91 Å². The summed E-state index contributed by atoms with van der Waals surface area (Å²) in [7, 11) is -0.442. The van der Waals surface area contributed by atoms with Crippen molar-refractivity contribution in [3.8, 4) is 0 Å². The van der Waals surface area contributed by atoms with Gasteiger partial charge in [0.1, 0.15) is 0 Å². The Kier molecular flexibility index (Phi) is 4.39. The van der Waals surface area contributed by atoms with Gasteiger partial charge in [-0.1, -0.05) is 12.1 Å². The van der Waals surface area contributed by atoms with E-state index in [0.29, 0.717) is 11.5 Å². The second-order valence-electron chi connectivity index (χ2n) is 7.19. The quantitative estimate of drug-likeness (QED) is 0.869. The molecule has 1 aromatic heterocycles. The van der Waals surface area contributed by atoms with Gasteiger partial charge >= 0.3 is 7.12 Å². The van der Waals surface area contributed by atoms with Gasteiger partial charge in [-0.2, -0.15) is 0 Å². The predicted molar refractivity (Wildman–Crippen MR) is 96.9 cm³/mol. The van der Waals surface area contributed by atoms with Crippen LogP contribution in [0.3, 0.4) is 0 Å². The summed E-state index contributed by atoms with van der Waals surface area (Å²) in [5.74, 6) is 0.0334. The summed E-state index contributed by atoms with van der Waals surface area (Å²) < 4.78 is 12.0. The van der Waals surface area contributed by atoms with Crippen molar-refractivity contribution in [3.63, 3.8) is 0 Å². The van der Waals surface area contributed by atoms with Crippen molar-refractivity contribution in [2.45, 2.75) is 45.8 Å². The van der Waals surface area contributed by atoms with Crippen molar-refractivity contribution in [3.05, 3.63) is 47.8 Å². The van der Waals surface area contributed by atoms with Crippen LogP contribution in [-0.2, 0) is 9.31 Å². The molecule has 0 bridgehead atoms. The maximum atomic E-state index is 12.3. The summed E-state index contributed by atoms with van der Waals surface area (Å²) in [4.78, 5) is 20.5. The van der Waals surface area contributed by atoms with Gasteiger partial charge in [-0.05, 0) is 58.3 Å². The number of amides is 1. The number of hydrogen-bond acceptors (Lipinski definition) is 5. The molecule has 25 heavy (non-hydrogen) atoms. The highest BCUT2D eigenvalue weighted by Crippen LogP contribution is 2.36. The zero-order chi connectivity index (χ0) is 18.2. The van der Waals surface area contributed by atoms with Gasteiger partial charge in [0.15, 0.2) is 0 Å². The molecule has 0 aliphatic carbocycles. The Hall–Kier alpha value is -2.25. The van der Waals surface area contributed by atoms with Crippen LogP contribution in [0.4, 0.5) is 5.95 Å². The SMILES string of the molecule is Cc1ccnc(NC(=O)c2ccc(B3OC(C)(C)C(C)(C)O3)cc2)n1. The van der Waals surface area contributed by atoms with E-state index < -0.39 is 18.3 Å². The molecule has 0 atom stereocenters. The van der Waals surface area contributed by atoms with Crippen LogP contribution in [0.5, 0.6) is 0 Å². The molecule has 2 heterocycles. The smallest absolute Gasteiger partial charge is 0.399 e. The van der Waals surface area contributed by atoms with Gasteiger partial charge in [-0.3, -0.25) is 10.1 Å². The Bertz CT molecular complexity index is 774. The first-order valence-electron chi connectivity index (χ1n) is 8.24. The van der Waals surface area contributed by atoms with Crippen LogP contribution in [0, 0.1) is 6.92 Å². The Morgan fingerprint density at radius 3 is 2.20 bits per heavy atom. The Balaban J connectivity index is 1.71. The average Bonchev–Trinajstić information content (AvgIpc) is 2.75. The lowest BCUT2D eigenvalue weighted by molar-refractivity contribution is 0.00578. The fourth-order valence-electron chi connectivity index (χ4n) is 2.45. The van der Waals surface area contributed by atoms with E-state index in [9.17, 15) is 4.79 Å². The van der Waals surface area contributed by atoms with Crippen LogP contribution in [0.1, 0.15) is 43.7 Å². The van der Waals surface area contributed by atoms with Crippen molar-refractivity contribution in [2.24, 2.45) is 0 Å². The zero-order valence-corrected chi connectivity index (χ0v) is 15.2. The van der Waals surface area contributed by atoms with Gasteiger partial charge in [0.2, 0.25) is 5.95 Å². The minimum absolute atomic E-state index is 0.258. The molecule has 0 saturated carbocycles. The maximum Gasteiger partial charge on any atom is 0.494 e. The molecule has 1 N–H and O–H groups in total. The molecular formula is C18H22BN3O3. The summed E-state index contributed by atoms with van der Waals surface area (Å²) in [6.07, 6.45) is 1.61. The molecule has 2 aromatic rings. The lowest BCUT2D eigenvalue weighted by Crippen LogP contribution is -2.41. The number of carbonyl (C=O) groups excluding carboxylic acids is 1. The molecular weight excluding hydrogens is 317 g/mol. The van der Waals surface area contributed by atoms with Gasteiger partial charge in [-0.25, -0.2) is 9.97 Å². The maximum absolute atomic E-state index is 12.3. The third kappa shape index (κ3) is 3.57. The number of aromatic nitrogens is 2. The molecule has 1 fully saturated rings. The normalized spacial score (nSPS) is 18.2. The van der Waals surface area contributed by atoms with Gasteiger partial charge in [0.05, 0.1) is 11.2 Å². The standard InChI is InChI=1S/C18H22BN3O3/c1-12-10-11-20-16(21-12)22-15(23)13-6-8-14(9-7-13)19-24-17(2,3)18(4,5)25-19/h6-11H,1-5H3,(H,20,21,22,23). The highest BCUT2D eigenvalue weighted by molar-refractivity contribution is 6.62. The Morgan fingerprint density at radius 2 is 1.64 bits per heavy atom. The van der Waals surface area contributed by atoms with E-state index in [-0.39, 0.29) is 5.91 Å². The number of aryl methyl sites for hydroxylation is 1. The number of nitrogens with one attached hydrogen (secondary N) is 1. The first kappa shape index (κ1) is 17.6. The zero-order valence-electron chi connectivity index (χ0n) is 15.2. The Morgan fingerprint density at radius 1 is 1.04 bits per heavy atom. The number of benzene rings is 1. The molecule has 1 aliphatic heterocycles. The van der Waals surface area contributed by atoms with E-state index in [4.69, 9.17) is 9.31 Å². The van der Waals surface area contributed by atoms with Crippen molar-refractivity contribution in [2.75, 3.05) is 5.32 Å². The molecule has 0 radical (unpaired) electrons. The molecule has 3 rings (SSSR count). The predicted octanol–water partition coefficient (Wildman–Crippen LogP) is 2.34. The van der Waals surface area contributed by atoms with E-state index in [1.54, 1.807) is 24.4 Å². The minimum Gasteiger partial charge on any atom is -0.399 e. The molecule has 0 spiro atoms. The van der Waals surface area contributed by atoms with Crippen molar-refractivity contribution < 1.29 is 14.1 Å². The lowest BCUT2D eigenvalue weighted by Gasteiger charge is -2.32. The van der Waals surface area contributed by atoms with Crippen LogP contribution in [0.2, 0.25) is 0 Å². The summed E-state index contributed by atoms with van der Waals surface area (Å²) >= 11 is 0. The molecule has 6 nitrogen and oxygen atoms in total. The summed E-state index contributed by atoms with van der Waals surface area (Å²) in [6.45, 7) is 9.89. The van der Waals surface area contributed by atoms with E-state index in [0.717, 1.165) is 11.2 Å². The Labute approximate surface area is 148 Å². The summed E-state index contributed by atoms with van der Waals surface area (Å²) in [5, 5.41) is 2.69. The lowest BCUT2D eigenvalue weighted by atomic mass is 9.79.